The van der Waals surface area contributed by atoms with Gasteiger partial charge < -0.3 is 39.1 Å². The van der Waals surface area contributed by atoms with E-state index in [1.165, 1.54) is 18.4 Å². The van der Waals surface area contributed by atoms with Gasteiger partial charge in [-0.25, -0.2) is 0 Å². The van der Waals surface area contributed by atoms with Gasteiger partial charge in [-0.2, -0.15) is 0 Å². The van der Waals surface area contributed by atoms with E-state index in [1.807, 2.05) is 13.8 Å². The topological polar surface area (TPSA) is 108 Å². The molecule has 10 heteroatoms. The standard InChI is InChI=1S/C30H60NO7P.C2H6.CH3N/c1-3-12-30(27-31-14-6-11-26-39)28-38-25-24-37-23-22-36-21-20-35-18-10-5-8-16-33-15-7-4-9-17-34-19-13-29(2)32;2*1-2/h27,31H,3-26,28,39H2,1-2H3;1-2H3;2H,1H2/b30-27+;;. The fraction of sp³-hybridized carbons (Fsp3) is 0.879. The summed E-state index contributed by atoms with van der Waals surface area (Å²) in [6.07, 6.45) is 14.9. The van der Waals surface area contributed by atoms with Crippen LogP contribution in [0.4, 0.5) is 0 Å². The molecule has 43 heavy (non-hydrogen) atoms. The molecule has 1 atom stereocenters. The maximum Gasteiger partial charge on any atom is 0.132 e. The minimum atomic E-state index is 0.184. The summed E-state index contributed by atoms with van der Waals surface area (Å²) in [5.74, 6) is 0.184. The maximum atomic E-state index is 10.8. The van der Waals surface area contributed by atoms with Gasteiger partial charge in [-0.05, 0) is 89.4 Å². The molecule has 0 spiro atoms. The Morgan fingerprint density at radius 3 is 1.56 bits per heavy atom. The Balaban J connectivity index is -0.00000382. The van der Waals surface area contributed by atoms with Crippen molar-refractivity contribution in [3.05, 3.63) is 11.8 Å². The number of nitrogens with one attached hydrogen (secondary N) is 2. The Morgan fingerprint density at radius 2 is 1.09 bits per heavy atom. The first-order chi connectivity index (χ1) is 21.2. The maximum absolute atomic E-state index is 10.8. The largest absolute Gasteiger partial charge is 0.391 e. The van der Waals surface area contributed by atoms with Gasteiger partial charge in [0.05, 0.1) is 52.9 Å². The molecule has 9 nitrogen and oxygen atoms in total. The number of ketones is 1. The quantitative estimate of drug-likeness (QED) is 0.0470. The summed E-state index contributed by atoms with van der Waals surface area (Å²) < 4.78 is 33.6. The predicted octanol–water partition coefficient (Wildman–Crippen LogP) is 6.63. The fourth-order valence-electron chi connectivity index (χ4n) is 3.55. The van der Waals surface area contributed by atoms with Gasteiger partial charge in [-0.15, -0.1) is 9.24 Å². The minimum Gasteiger partial charge on any atom is -0.391 e. The lowest BCUT2D eigenvalue weighted by molar-refractivity contribution is -0.118. The van der Waals surface area contributed by atoms with Crippen LogP contribution >= 0.6 is 9.24 Å². The average molecular weight is 637 g/mol. The van der Waals surface area contributed by atoms with Crippen molar-refractivity contribution < 1.29 is 33.2 Å². The van der Waals surface area contributed by atoms with Crippen LogP contribution in [0.2, 0.25) is 0 Å². The first-order valence-electron chi connectivity index (χ1n) is 16.6. The van der Waals surface area contributed by atoms with Crippen molar-refractivity contribution in [1.29, 1.82) is 5.41 Å². The second-order valence-electron chi connectivity index (χ2n) is 9.69. The van der Waals surface area contributed by atoms with Crippen molar-refractivity contribution in [2.45, 2.75) is 98.3 Å². The lowest BCUT2D eigenvalue weighted by Crippen LogP contribution is -2.14. The number of ether oxygens (including phenoxy) is 6. The van der Waals surface area contributed by atoms with Crippen molar-refractivity contribution >= 4 is 21.7 Å². The van der Waals surface area contributed by atoms with Gasteiger partial charge in [0.1, 0.15) is 5.78 Å². The number of Topliss-reactive ketones (excluding diaryl/α,β-unsaturated/α-hetero) is 1. The Bertz CT molecular complexity index is 557. The van der Waals surface area contributed by atoms with Gasteiger partial charge in [0.25, 0.3) is 0 Å². The Kier molecular flexibility index (Phi) is 49.2. The lowest BCUT2D eigenvalue weighted by atomic mass is 10.2. The zero-order chi connectivity index (χ0) is 32.5. The second kappa shape index (κ2) is 45.5. The van der Waals surface area contributed by atoms with E-state index in [0.717, 1.165) is 90.5 Å². The third kappa shape index (κ3) is 45.6. The summed E-state index contributed by atoms with van der Waals surface area (Å²) in [7, 11) is 2.77. The summed E-state index contributed by atoms with van der Waals surface area (Å²) in [6, 6.07) is 0. The van der Waals surface area contributed by atoms with E-state index in [9.17, 15) is 4.79 Å². The SMILES string of the molecule is C=N.CC.CCC/C(=C\NCCCCP)COCCOCCOCCOCCCCCOCCCCCOCCC(C)=O. The van der Waals surface area contributed by atoms with Crippen LogP contribution in [0.15, 0.2) is 11.8 Å². The molecule has 0 fully saturated rings. The van der Waals surface area contributed by atoms with Gasteiger partial charge in [-0.1, -0.05) is 27.2 Å². The molecule has 0 aliphatic carbocycles. The molecule has 0 amide bonds. The number of unbranched alkanes of at least 4 members (excludes halogenated alkanes) is 5. The van der Waals surface area contributed by atoms with E-state index in [1.54, 1.807) is 6.92 Å². The Hall–Kier alpha value is -0.930. The first kappa shape index (κ1) is 46.5. The van der Waals surface area contributed by atoms with Gasteiger partial charge in [0.2, 0.25) is 0 Å². The molecule has 0 rings (SSSR count). The first-order valence-corrected chi connectivity index (χ1v) is 17.4. The highest BCUT2D eigenvalue weighted by molar-refractivity contribution is 7.16. The number of rotatable bonds is 33. The molecule has 0 bridgehead atoms. The van der Waals surface area contributed by atoms with E-state index in [0.29, 0.717) is 59.3 Å². The molecule has 1 unspecified atom stereocenters. The summed E-state index contributed by atoms with van der Waals surface area (Å²) in [5, 5.41) is 8.90. The third-order valence-corrected chi connectivity index (χ3v) is 6.22. The molecule has 0 aliphatic heterocycles. The molecule has 0 aliphatic rings. The molecular weight excluding hydrogens is 567 g/mol. The fourth-order valence-corrected chi connectivity index (χ4v) is 3.84. The number of hydrogen-bond acceptors (Lipinski definition) is 9. The smallest absolute Gasteiger partial charge is 0.132 e. The minimum absolute atomic E-state index is 0.184. The van der Waals surface area contributed by atoms with Crippen molar-refractivity contribution in [2.24, 2.45) is 0 Å². The highest BCUT2D eigenvalue weighted by Crippen LogP contribution is 2.05. The molecule has 0 saturated carbocycles. The molecule has 0 saturated heterocycles. The average Bonchev–Trinajstić information content (AvgIpc) is 3.02. The normalized spacial score (nSPS) is 11.0. The van der Waals surface area contributed by atoms with Crippen molar-refractivity contribution in [3.8, 4) is 0 Å². The lowest BCUT2D eigenvalue weighted by Gasteiger charge is -2.10. The Labute approximate surface area is 267 Å². The molecular formula is C33H69N2O7P. The molecule has 0 aromatic carbocycles. The van der Waals surface area contributed by atoms with E-state index in [-0.39, 0.29) is 5.78 Å². The molecule has 0 aromatic rings. The number of carbonyl (C=O) groups is 1. The molecule has 258 valence electrons. The van der Waals surface area contributed by atoms with Crippen LogP contribution in [0, 0.1) is 5.41 Å². The predicted molar refractivity (Wildman–Crippen MR) is 184 cm³/mol. The van der Waals surface area contributed by atoms with Crippen LogP contribution < -0.4 is 5.32 Å². The highest BCUT2D eigenvalue weighted by Gasteiger charge is 1.99. The summed E-state index contributed by atoms with van der Waals surface area (Å²) in [6.45, 7) is 19.2. The van der Waals surface area contributed by atoms with Crippen LogP contribution in [0.25, 0.3) is 0 Å². The number of hydrogen-bond donors (Lipinski definition) is 2. The Morgan fingerprint density at radius 1 is 0.651 bits per heavy atom. The summed E-state index contributed by atoms with van der Waals surface area (Å²) in [4.78, 5) is 10.8. The molecule has 2 N–H and O–H groups in total. The van der Waals surface area contributed by atoms with Crippen molar-refractivity contribution in [1.82, 2.24) is 5.32 Å². The van der Waals surface area contributed by atoms with Crippen LogP contribution in [-0.2, 0) is 33.2 Å². The van der Waals surface area contributed by atoms with E-state index < -0.39 is 0 Å². The zero-order valence-electron chi connectivity index (χ0n) is 28.4. The van der Waals surface area contributed by atoms with Gasteiger partial charge in [0.15, 0.2) is 0 Å². The van der Waals surface area contributed by atoms with Crippen molar-refractivity contribution in [2.75, 3.05) is 92.0 Å². The third-order valence-electron chi connectivity index (χ3n) is 5.81. The van der Waals surface area contributed by atoms with Crippen molar-refractivity contribution in [3.63, 3.8) is 0 Å². The van der Waals surface area contributed by atoms with E-state index in [2.05, 4.69) is 34.4 Å². The van der Waals surface area contributed by atoms with Crippen LogP contribution in [0.1, 0.15) is 98.3 Å². The molecule has 0 heterocycles. The van der Waals surface area contributed by atoms with E-state index in [4.69, 9.17) is 33.8 Å². The van der Waals surface area contributed by atoms with Gasteiger partial charge in [-0.3, -0.25) is 4.79 Å². The van der Waals surface area contributed by atoms with E-state index >= 15 is 0 Å². The van der Waals surface area contributed by atoms with Gasteiger partial charge >= 0.3 is 0 Å². The van der Waals surface area contributed by atoms with Crippen LogP contribution in [-0.4, -0.2) is 104 Å². The number of carbonyl (C=O) groups excluding carboxylic acids is 1. The summed E-state index contributed by atoms with van der Waals surface area (Å²) in [5.41, 5.74) is 1.31. The van der Waals surface area contributed by atoms with Crippen LogP contribution in [0.3, 0.4) is 0 Å². The van der Waals surface area contributed by atoms with Crippen LogP contribution in [0.5, 0.6) is 0 Å². The zero-order valence-corrected chi connectivity index (χ0v) is 29.6. The highest BCUT2D eigenvalue weighted by atomic mass is 31.0. The second-order valence-corrected chi connectivity index (χ2v) is 10.3. The monoisotopic (exact) mass is 636 g/mol. The van der Waals surface area contributed by atoms with Gasteiger partial charge in [0, 0.05) is 39.4 Å². The summed E-state index contributed by atoms with van der Waals surface area (Å²) >= 11 is 0. The molecule has 0 aromatic heterocycles. The molecule has 0 radical (unpaired) electrons.